The second-order valence-corrected chi connectivity index (χ2v) is 6.15. The predicted octanol–water partition coefficient (Wildman–Crippen LogP) is 2.57. The Hall–Kier alpha value is -0.780. The monoisotopic (exact) mass is 280 g/mol. The van der Waals surface area contributed by atoms with Gasteiger partial charge >= 0.3 is 6.18 Å². The van der Waals surface area contributed by atoms with E-state index >= 15 is 0 Å². The zero-order valence-corrected chi connectivity index (χ0v) is 11.8. The number of halogens is 3. The highest BCUT2D eigenvalue weighted by Gasteiger charge is 2.42. The molecule has 1 unspecified atom stereocenters. The maximum Gasteiger partial charge on any atom is 0.393 e. The first-order valence-corrected chi connectivity index (χ1v) is 6.69. The molecule has 1 atom stereocenters. The van der Waals surface area contributed by atoms with Crippen LogP contribution >= 0.6 is 0 Å². The molecule has 0 radical (unpaired) electrons. The highest BCUT2D eigenvalue weighted by atomic mass is 19.4. The average Bonchev–Trinajstić information content (AvgIpc) is 2.26. The first-order valence-electron chi connectivity index (χ1n) is 6.69. The van der Waals surface area contributed by atoms with Crippen LogP contribution in [-0.2, 0) is 4.79 Å². The summed E-state index contributed by atoms with van der Waals surface area (Å²) in [6.07, 6.45) is -3.37. The number of carbonyl (C=O) groups excluding carboxylic acids is 1. The van der Waals surface area contributed by atoms with Gasteiger partial charge in [0.1, 0.15) is 0 Å². The van der Waals surface area contributed by atoms with Crippen LogP contribution < -0.4 is 5.32 Å². The molecule has 112 valence electrons. The van der Waals surface area contributed by atoms with E-state index in [1.807, 2.05) is 20.8 Å². The first-order chi connectivity index (χ1) is 8.59. The molecule has 0 aromatic rings. The summed E-state index contributed by atoms with van der Waals surface area (Å²) in [5.74, 6) is -1.55. The molecule has 1 rings (SSSR count). The molecule has 0 aromatic heterocycles. The summed E-state index contributed by atoms with van der Waals surface area (Å²) >= 11 is 0. The number of hydrogen-bond donors (Lipinski definition) is 1. The normalized spacial score (nSPS) is 21.6. The number of likely N-dealkylation sites (tertiary alicyclic amines) is 1. The van der Waals surface area contributed by atoms with Crippen LogP contribution in [0.1, 0.15) is 40.0 Å². The maximum absolute atomic E-state index is 12.6. The van der Waals surface area contributed by atoms with Gasteiger partial charge in [0.25, 0.3) is 0 Å². The fourth-order valence-corrected chi connectivity index (χ4v) is 2.17. The lowest BCUT2D eigenvalue weighted by Gasteiger charge is -2.34. The van der Waals surface area contributed by atoms with E-state index < -0.39 is 12.1 Å². The molecule has 1 N–H and O–H groups in total. The SMILES string of the molecule is CC(C)(C)NCCC(=O)N1CCCC(C(F)(F)F)C1. The minimum Gasteiger partial charge on any atom is -0.342 e. The van der Waals surface area contributed by atoms with Crippen LogP contribution in [-0.4, -0.2) is 42.2 Å². The fourth-order valence-electron chi connectivity index (χ4n) is 2.17. The topological polar surface area (TPSA) is 32.3 Å². The Balaban J connectivity index is 2.40. The number of amides is 1. The molecule has 1 aliphatic rings. The number of hydrogen-bond acceptors (Lipinski definition) is 2. The maximum atomic E-state index is 12.6. The Bertz CT molecular complexity index is 310. The predicted molar refractivity (Wildman–Crippen MR) is 67.7 cm³/mol. The summed E-state index contributed by atoms with van der Waals surface area (Å²) in [6.45, 7) is 6.71. The van der Waals surface area contributed by atoms with Gasteiger partial charge in [0.2, 0.25) is 5.91 Å². The Kier molecular flexibility index (Phi) is 5.24. The van der Waals surface area contributed by atoms with Gasteiger partial charge in [-0.1, -0.05) is 0 Å². The molecule has 0 spiro atoms. The van der Waals surface area contributed by atoms with Crippen molar-refractivity contribution in [3.05, 3.63) is 0 Å². The van der Waals surface area contributed by atoms with E-state index in [2.05, 4.69) is 5.32 Å². The summed E-state index contributed by atoms with van der Waals surface area (Å²) in [5, 5.41) is 3.16. The quantitative estimate of drug-likeness (QED) is 0.861. The minimum atomic E-state index is -4.19. The molecule has 19 heavy (non-hydrogen) atoms. The van der Waals surface area contributed by atoms with Crippen LogP contribution in [0.25, 0.3) is 0 Å². The van der Waals surface area contributed by atoms with Gasteiger partial charge in [-0.05, 0) is 33.6 Å². The molecular formula is C13H23F3N2O. The molecule has 3 nitrogen and oxygen atoms in total. The third-order valence-electron chi connectivity index (χ3n) is 3.23. The van der Waals surface area contributed by atoms with Crippen LogP contribution in [0.15, 0.2) is 0 Å². The Morgan fingerprint density at radius 1 is 1.32 bits per heavy atom. The van der Waals surface area contributed by atoms with E-state index in [4.69, 9.17) is 0 Å². The number of rotatable bonds is 3. The molecule has 1 heterocycles. The smallest absolute Gasteiger partial charge is 0.342 e. The van der Waals surface area contributed by atoms with Crippen molar-refractivity contribution in [1.82, 2.24) is 10.2 Å². The lowest BCUT2D eigenvalue weighted by molar-refractivity contribution is -0.188. The van der Waals surface area contributed by atoms with Crippen molar-refractivity contribution in [1.29, 1.82) is 0 Å². The second-order valence-electron chi connectivity index (χ2n) is 6.15. The van der Waals surface area contributed by atoms with Crippen molar-refractivity contribution in [2.75, 3.05) is 19.6 Å². The van der Waals surface area contributed by atoms with Gasteiger partial charge in [-0.3, -0.25) is 4.79 Å². The number of carbonyl (C=O) groups is 1. The van der Waals surface area contributed by atoms with Gasteiger partial charge in [-0.25, -0.2) is 0 Å². The molecule has 1 fully saturated rings. The van der Waals surface area contributed by atoms with Crippen LogP contribution in [0.3, 0.4) is 0 Å². The van der Waals surface area contributed by atoms with Gasteiger partial charge in [0.15, 0.2) is 0 Å². The second kappa shape index (κ2) is 6.11. The summed E-state index contributed by atoms with van der Waals surface area (Å²) in [6, 6.07) is 0. The van der Waals surface area contributed by atoms with Crippen molar-refractivity contribution in [3.63, 3.8) is 0 Å². The zero-order valence-electron chi connectivity index (χ0n) is 11.8. The molecular weight excluding hydrogens is 257 g/mol. The van der Waals surface area contributed by atoms with Crippen LogP contribution in [0.5, 0.6) is 0 Å². The molecule has 0 aromatic carbocycles. The van der Waals surface area contributed by atoms with Crippen molar-refractivity contribution >= 4 is 5.91 Å². The average molecular weight is 280 g/mol. The van der Waals surface area contributed by atoms with E-state index in [0.717, 1.165) is 0 Å². The number of nitrogens with zero attached hydrogens (tertiary/aromatic N) is 1. The molecule has 1 aliphatic heterocycles. The van der Waals surface area contributed by atoms with E-state index in [0.29, 0.717) is 19.5 Å². The minimum absolute atomic E-state index is 0.0866. The molecule has 0 saturated carbocycles. The van der Waals surface area contributed by atoms with Gasteiger partial charge in [-0.15, -0.1) is 0 Å². The largest absolute Gasteiger partial charge is 0.393 e. The summed E-state index contributed by atoms with van der Waals surface area (Å²) < 4.78 is 37.9. The van der Waals surface area contributed by atoms with E-state index in [9.17, 15) is 18.0 Å². The summed E-state index contributed by atoms with van der Waals surface area (Å²) in [5.41, 5.74) is -0.0866. The molecule has 1 amide bonds. The van der Waals surface area contributed by atoms with Gasteiger partial charge in [0.05, 0.1) is 5.92 Å². The molecule has 0 aliphatic carbocycles. The molecule has 0 bridgehead atoms. The third-order valence-corrected chi connectivity index (χ3v) is 3.23. The number of piperidine rings is 1. The molecule has 6 heteroatoms. The van der Waals surface area contributed by atoms with Crippen molar-refractivity contribution in [2.24, 2.45) is 5.92 Å². The van der Waals surface area contributed by atoms with Gasteiger partial charge < -0.3 is 10.2 Å². The molecule has 1 saturated heterocycles. The number of alkyl halides is 3. The van der Waals surface area contributed by atoms with Crippen molar-refractivity contribution < 1.29 is 18.0 Å². The van der Waals surface area contributed by atoms with Crippen LogP contribution in [0.4, 0.5) is 13.2 Å². The highest BCUT2D eigenvalue weighted by Crippen LogP contribution is 2.33. The Labute approximate surface area is 112 Å². The Morgan fingerprint density at radius 2 is 1.95 bits per heavy atom. The number of nitrogens with one attached hydrogen (secondary N) is 1. The van der Waals surface area contributed by atoms with Gasteiger partial charge in [-0.2, -0.15) is 13.2 Å². The highest BCUT2D eigenvalue weighted by molar-refractivity contribution is 5.76. The lowest BCUT2D eigenvalue weighted by Crippen LogP contribution is -2.46. The zero-order chi connectivity index (χ0) is 14.7. The summed E-state index contributed by atoms with van der Waals surface area (Å²) in [4.78, 5) is 13.2. The van der Waals surface area contributed by atoms with Crippen molar-refractivity contribution in [3.8, 4) is 0 Å². The first kappa shape index (κ1) is 16.3. The van der Waals surface area contributed by atoms with E-state index in [1.54, 1.807) is 0 Å². The lowest BCUT2D eigenvalue weighted by atomic mass is 9.97. The third kappa shape index (κ3) is 5.80. The Morgan fingerprint density at radius 3 is 2.47 bits per heavy atom. The fraction of sp³-hybridized carbons (Fsp3) is 0.923. The van der Waals surface area contributed by atoms with E-state index in [-0.39, 0.29) is 30.8 Å². The van der Waals surface area contributed by atoms with Gasteiger partial charge in [0, 0.05) is 31.6 Å². The van der Waals surface area contributed by atoms with Crippen molar-refractivity contribution in [2.45, 2.75) is 51.7 Å². The standard InChI is InChI=1S/C13H23F3N2O/c1-12(2,3)17-7-6-11(19)18-8-4-5-10(9-18)13(14,15)16/h10,17H,4-9H2,1-3H3. The van der Waals surface area contributed by atoms with Crippen LogP contribution in [0.2, 0.25) is 0 Å². The summed E-state index contributed by atoms with van der Waals surface area (Å²) in [7, 11) is 0. The van der Waals surface area contributed by atoms with Crippen LogP contribution in [0, 0.1) is 5.92 Å². The van der Waals surface area contributed by atoms with E-state index in [1.165, 1.54) is 4.90 Å².